The zero-order valence-electron chi connectivity index (χ0n) is 8.12. The first-order chi connectivity index (χ1) is 7.08. The second kappa shape index (κ2) is 4.02. The molecule has 4 heteroatoms. The van der Waals surface area contributed by atoms with Gasteiger partial charge in [-0.05, 0) is 59.3 Å². The molecule has 0 fully saturated rings. The van der Waals surface area contributed by atoms with Crippen molar-refractivity contribution in [1.82, 2.24) is 4.98 Å². The Labute approximate surface area is 107 Å². The van der Waals surface area contributed by atoms with E-state index in [1.807, 2.05) is 25.1 Å². The molecule has 0 amide bonds. The number of hydrogen-bond acceptors (Lipinski definition) is 2. The molecule has 2 nitrogen and oxygen atoms in total. The van der Waals surface area contributed by atoms with Crippen molar-refractivity contribution in [2.45, 2.75) is 6.92 Å². The van der Waals surface area contributed by atoms with E-state index in [1.54, 1.807) is 0 Å². The maximum absolute atomic E-state index is 5.57. The summed E-state index contributed by atoms with van der Waals surface area (Å²) in [4.78, 5) is 4.75. The number of nitrogens with two attached hydrogens (primary N) is 1. The Balaban J connectivity index is 2.78. The number of thiocarbonyl (C=S) groups is 1. The zero-order valence-corrected chi connectivity index (χ0v) is 11.1. The number of rotatable bonds is 1. The van der Waals surface area contributed by atoms with Gasteiger partial charge in [0.1, 0.15) is 4.99 Å². The van der Waals surface area contributed by atoms with Crippen LogP contribution in [0.15, 0.2) is 24.3 Å². The molecule has 2 aromatic rings. The van der Waals surface area contributed by atoms with E-state index in [9.17, 15) is 0 Å². The second-order valence-electron chi connectivity index (χ2n) is 3.35. The standard InChI is InChI=1S/C11H9IN2S/c1-6-4-10(11(13)15)14-9-3-2-7(12)5-8(6)9/h2-5H,1H3,(H2,13,15). The van der Waals surface area contributed by atoms with Gasteiger partial charge < -0.3 is 5.73 Å². The van der Waals surface area contributed by atoms with E-state index < -0.39 is 0 Å². The van der Waals surface area contributed by atoms with Crippen molar-refractivity contribution in [3.8, 4) is 0 Å². The molecule has 0 atom stereocenters. The van der Waals surface area contributed by atoms with E-state index in [4.69, 9.17) is 18.0 Å². The first kappa shape index (κ1) is 10.8. The van der Waals surface area contributed by atoms with Crippen molar-refractivity contribution in [1.29, 1.82) is 0 Å². The van der Waals surface area contributed by atoms with Crippen molar-refractivity contribution in [2.24, 2.45) is 5.73 Å². The van der Waals surface area contributed by atoms with E-state index in [0.717, 1.165) is 16.5 Å². The Morgan fingerprint density at radius 2 is 2.13 bits per heavy atom. The minimum atomic E-state index is 0.346. The van der Waals surface area contributed by atoms with Gasteiger partial charge in [-0.15, -0.1) is 0 Å². The van der Waals surface area contributed by atoms with Crippen LogP contribution >= 0.6 is 34.8 Å². The van der Waals surface area contributed by atoms with Gasteiger partial charge in [0.25, 0.3) is 0 Å². The summed E-state index contributed by atoms with van der Waals surface area (Å²) < 4.78 is 1.20. The number of aromatic nitrogens is 1. The van der Waals surface area contributed by atoms with E-state index in [0.29, 0.717) is 10.7 Å². The maximum atomic E-state index is 5.57. The summed E-state index contributed by atoms with van der Waals surface area (Å²) >= 11 is 7.21. The first-order valence-electron chi connectivity index (χ1n) is 4.44. The third-order valence-electron chi connectivity index (χ3n) is 2.23. The molecule has 0 saturated carbocycles. The lowest BCUT2D eigenvalue weighted by atomic mass is 10.1. The molecule has 0 radical (unpaired) electrons. The lowest BCUT2D eigenvalue weighted by Crippen LogP contribution is -2.11. The molecule has 0 aliphatic heterocycles. The molecule has 0 aliphatic carbocycles. The summed E-state index contributed by atoms with van der Waals surface area (Å²) in [6.45, 7) is 2.04. The van der Waals surface area contributed by atoms with Gasteiger partial charge in [-0.1, -0.05) is 12.2 Å². The Hall–Kier alpha value is -0.750. The van der Waals surface area contributed by atoms with Crippen LogP contribution in [0.1, 0.15) is 11.3 Å². The smallest absolute Gasteiger partial charge is 0.122 e. The van der Waals surface area contributed by atoms with Crippen molar-refractivity contribution < 1.29 is 0 Å². The number of fused-ring (bicyclic) bond motifs is 1. The molecule has 0 spiro atoms. The number of nitrogens with zero attached hydrogens (tertiary/aromatic N) is 1. The van der Waals surface area contributed by atoms with Crippen molar-refractivity contribution >= 4 is 50.7 Å². The summed E-state index contributed by atoms with van der Waals surface area (Å²) in [6.07, 6.45) is 0. The fraction of sp³-hybridized carbons (Fsp3) is 0.0909. The van der Waals surface area contributed by atoms with Crippen LogP contribution in [0, 0.1) is 10.5 Å². The van der Waals surface area contributed by atoms with Gasteiger partial charge in [0, 0.05) is 8.96 Å². The van der Waals surface area contributed by atoms with Gasteiger partial charge >= 0.3 is 0 Å². The van der Waals surface area contributed by atoms with E-state index in [-0.39, 0.29) is 0 Å². The van der Waals surface area contributed by atoms with Gasteiger partial charge in [-0.3, -0.25) is 0 Å². The first-order valence-corrected chi connectivity index (χ1v) is 5.93. The number of hydrogen-bond donors (Lipinski definition) is 1. The monoisotopic (exact) mass is 328 g/mol. The number of halogens is 1. The molecule has 0 aliphatic rings. The van der Waals surface area contributed by atoms with Crippen molar-refractivity contribution in [3.63, 3.8) is 0 Å². The van der Waals surface area contributed by atoms with Crippen LogP contribution in [0.2, 0.25) is 0 Å². The molecule has 0 unspecified atom stereocenters. The number of pyridine rings is 1. The van der Waals surface area contributed by atoms with E-state index in [2.05, 4.69) is 33.6 Å². The molecular weight excluding hydrogens is 319 g/mol. The van der Waals surface area contributed by atoms with Gasteiger partial charge in [-0.2, -0.15) is 0 Å². The predicted octanol–water partition coefficient (Wildman–Crippen LogP) is 2.78. The minimum absolute atomic E-state index is 0.346. The quantitative estimate of drug-likeness (QED) is 0.646. The third-order valence-corrected chi connectivity index (χ3v) is 3.11. The highest BCUT2D eigenvalue weighted by molar-refractivity contribution is 14.1. The molecule has 15 heavy (non-hydrogen) atoms. The maximum Gasteiger partial charge on any atom is 0.122 e. The highest BCUT2D eigenvalue weighted by Gasteiger charge is 2.04. The fourth-order valence-electron chi connectivity index (χ4n) is 1.49. The van der Waals surface area contributed by atoms with E-state index >= 15 is 0 Å². The third kappa shape index (κ3) is 2.10. The summed E-state index contributed by atoms with van der Waals surface area (Å²) in [5.41, 5.74) is 8.36. The molecule has 2 N–H and O–H groups in total. The Morgan fingerprint density at radius 1 is 1.40 bits per heavy atom. The largest absolute Gasteiger partial charge is 0.388 e. The molecule has 1 aromatic carbocycles. The minimum Gasteiger partial charge on any atom is -0.388 e. The second-order valence-corrected chi connectivity index (χ2v) is 5.04. The van der Waals surface area contributed by atoms with Crippen molar-refractivity contribution in [2.75, 3.05) is 0 Å². The lowest BCUT2D eigenvalue weighted by Gasteiger charge is -2.05. The molecule has 0 bridgehead atoms. The van der Waals surface area contributed by atoms with Gasteiger partial charge in [0.2, 0.25) is 0 Å². The van der Waals surface area contributed by atoms with Crippen molar-refractivity contribution in [3.05, 3.63) is 39.1 Å². The highest BCUT2D eigenvalue weighted by atomic mass is 127. The normalized spacial score (nSPS) is 10.5. The Morgan fingerprint density at radius 3 is 2.80 bits per heavy atom. The topological polar surface area (TPSA) is 38.9 Å². The predicted molar refractivity (Wildman–Crippen MR) is 75.1 cm³/mol. The molecule has 76 valence electrons. The summed E-state index contributed by atoms with van der Waals surface area (Å²) in [6, 6.07) is 8.06. The zero-order chi connectivity index (χ0) is 11.0. The molecule has 2 rings (SSSR count). The van der Waals surface area contributed by atoms with Gasteiger partial charge in [-0.25, -0.2) is 4.98 Å². The SMILES string of the molecule is Cc1cc(C(N)=S)nc2ccc(I)cc12. The van der Waals surface area contributed by atoms with Crippen LogP contribution in [0.5, 0.6) is 0 Å². The fourth-order valence-corrected chi connectivity index (χ4v) is 2.09. The Kier molecular flexibility index (Phi) is 2.88. The summed E-state index contributed by atoms with van der Waals surface area (Å²) in [5.74, 6) is 0. The lowest BCUT2D eigenvalue weighted by molar-refractivity contribution is 1.33. The van der Waals surface area contributed by atoms with E-state index in [1.165, 1.54) is 3.57 Å². The Bertz CT molecular complexity index is 552. The average Bonchev–Trinajstić information content (AvgIpc) is 2.18. The molecule has 1 aromatic heterocycles. The van der Waals surface area contributed by atoms with Crippen LogP contribution < -0.4 is 5.73 Å². The summed E-state index contributed by atoms with van der Waals surface area (Å²) in [7, 11) is 0. The number of aryl methyl sites for hydroxylation is 1. The summed E-state index contributed by atoms with van der Waals surface area (Å²) in [5, 5.41) is 1.15. The molecule has 1 heterocycles. The van der Waals surface area contributed by atoms with Gasteiger partial charge in [0.05, 0.1) is 11.2 Å². The molecule has 0 saturated heterocycles. The van der Waals surface area contributed by atoms with Crippen LogP contribution in [0.25, 0.3) is 10.9 Å². The van der Waals surface area contributed by atoms with Crippen LogP contribution in [0.3, 0.4) is 0 Å². The van der Waals surface area contributed by atoms with Crippen LogP contribution in [-0.2, 0) is 0 Å². The highest BCUT2D eigenvalue weighted by Crippen LogP contribution is 2.20. The number of benzene rings is 1. The van der Waals surface area contributed by atoms with Gasteiger partial charge in [0.15, 0.2) is 0 Å². The average molecular weight is 328 g/mol. The van der Waals surface area contributed by atoms with Crippen LogP contribution in [0.4, 0.5) is 0 Å². The van der Waals surface area contributed by atoms with Crippen LogP contribution in [-0.4, -0.2) is 9.97 Å². The molecular formula is C11H9IN2S.